The van der Waals surface area contributed by atoms with Crippen molar-refractivity contribution in [3.63, 3.8) is 0 Å². The Morgan fingerprint density at radius 3 is 1.41 bits per heavy atom. The van der Waals surface area contributed by atoms with Crippen LogP contribution in [0.25, 0.3) is 98.8 Å². The summed E-state index contributed by atoms with van der Waals surface area (Å²) in [7, 11) is 0. The normalized spacial score (nSPS) is 20.2. The van der Waals surface area contributed by atoms with Crippen LogP contribution in [0.15, 0.2) is 186 Å². The Morgan fingerprint density at radius 2 is 0.735 bits per heavy atom. The van der Waals surface area contributed by atoms with Crippen LogP contribution in [-0.2, 0) is 0 Å². The number of furan rings is 1. The molecule has 0 atom stereocenters. The predicted octanol–water partition coefficient (Wildman–Crippen LogP) is 13.7. The second-order valence-electron chi connectivity index (χ2n) is 10.5. The minimum Gasteiger partial charge on any atom is -0.456 e. The molecule has 0 radical (unpaired) electrons. The zero-order chi connectivity index (χ0) is 58.4. The second-order valence-corrected chi connectivity index (χ2v) is 10.5. The fraction of sp³-hybridized carbons (Fsp3) is 0. The van der Waals surface area contributed by atoms with E-state index in [0.29, 0.717) is 0 Å². The number of fused-ring (bicyclic) bond motifs is 6. The molecule has 0 aliphatic rings. The predicted molar refractivity (Wildman–Crippen MR) is 208 cm³/mol. The summed E-state index contributed by atoms with van der Waals surface area (Å²) in [5, 5.41) is -5.44. The van der Waals surface area contributed by atoms with Gasteiger partial charge in [-0.2, -0.15) is 0 Å². The molecule has 9 aromatic carbocycles. The lowest BCUT2D eigenvalue weighted by Crippen LogP contribution is -1.91. The molecule has 0 amide bonds. The molecule has 1 nitrogen and oxygen atoms in total. The zero-order valence-electron chi connectivity index (χ0n) is 54.4. The third kappa shape index (κ3) is 4.55. The summed E-state index contributed by atoms with van der Waals surface area (Å²) in [5.41, 5.74) is -7.77. The molecule has 0 N–H and O–H groups in total. The van der Waals surface area contributed by atoms with Gasteiger partial charge in [0.25, 0.3) is 0 Å². The van der Waals surface area contributed by atoms with Crippen molar-refractivity contribution < 1.29 is 45.5 Å². The van der Waals surface area contributed by atoms with Gasteiger partial charge in [0.05, 0.1) is 41.1 Å². The molecule has 0 bridgehead atoms. The number of benzene rings is 9. The SMILES string of the molecule is [2H]c1c([2H])c([2H])c(-c2c([2H])c([2H])c3c(oc4c([2H])c(-c5c6c([2H])c([2H])c([2H])c([2H])c6c(-c6c([2H])c([2H])c([2H])c(-c7c([2H])c([2H])c8c([2H])c([2H])c([2H])c([2H])c8c7[2H])c6[2H])c6c([2H])c([2H])c([2H])c([2H])c56)c([2H])c([2H])c43)c2[2H])c([2H])c1[2H]. The molecule has 10 aromatic rings. The van der Waals surface area contributed by atoms with Gasteiger partial charge in [0, 0.05) is 10.8 Å². The van der Waals surface area contributed by atoms with Gasteiger partial charge in [0.2, 0.25) is 0 Å². The highest BCUT2D eigenvalue weighted by atomic mass is 16.3. The van der Waals surface area contributed by atoms with E-state index in [-0.39, 0.29) is 0 Å². The van der Waals surface area contributed by atoms with E-state index < -0.39 is 280 Å². The average Bonchev–Trinajstić information content (AvgIpc) is 3.62. The topological polar surface area (TPSA) is 13.1 Å². The minimum atomic E-state index is -1.10. The molecule has 0 saturated carbocycles. The molecule has 1 heterocycles. The highest BCUT2D eigenvalue weighted by Crippen LogP contribution is 2.45. The summed E-state index contributed by atoms with van der Waals surface area (Å²) in [4.78, 5) is 0. The van der Waals surface area contributed by atoms with E-state index in [0.717, 1.165) is 0 Å². The molecular weight excluding hydrogens is 593 g/mol. The van der Waals surface area contributed by atoms with Crippen LogP contribution in [0.1, 0.15) is 41.1 Å². The van der Waals surface area contributed by atoms with Gasteiger partial charge >= 0.3 is 0 Å². The molecule has 0 saturated heterocycles. The minimum absolute atomic E-state index is 0.518. The molecule has 49 heavy (non-hydrogen) atoms. The molecular formula is C48H30O. The fourth-order valence-corrected chi connectivity index (χ4v) is 5.64. The molecule has 10 rings (SSSR count). The van der Waals surface area contributed by atoms with Crippen molar-refractivity contribution in [2.45, 2.75) is 0 Å². The maximum atomic E-state index is 9.79. The molecule has 1 heteroatoms. The standard InChI is InChI=1S/C48H30O/c1-2-11-31(12-3-1)36-23-25-39-40-26-24-38(30-46(40)49-45(39)29-36)48-43-19-8-6-17-41(43)47(42-18-7-9-20-44(42)48)37-16-10-15-34(28-37)35-22-21-32-13-4-5-14-33(32)27-35/h1-30H/i1D,2D,3D,4D,5D,6D,7D,8D,9D,10D,11D,12D,13D,14D,15D,16D,17D,18D,19D,20D,21D,22D,23D,24D,25D,26D,27D,28D,29D,30D. The van der Waals surface area contributed by atoms with E-state index in [1.165, 1.54) is 0 Å². The third-order valence-electron chi connectivity index (χ3n) is 7.76. The smallest absolute Gasteiger partial charge is 0.136 e. The van der Waals surface area contributed by atoms with E-state index in [1.807, 2.05) is 0 Å². The number of rotatable bonds is 4. The summed E-state index contributed by atoms with van der Waals surface area (Å²) in [6.45, 7) is 0. The van der Waals surface area contributed by atoms with E-state index in [2.05, 4.69) is 0 Å². The van der Waals surface area contributed by atoms with Gasteiger partial charge in [0.1, 0.15) is 11.2 Å². The first kappa shape index (κ1) is 11.1. The quantitative estimate of drug-likeness (QED) is 0.172. The molecule has 0 fully saturated rings. The Morgan fingerprint density at radius 1 is 0.286 bits per heavy atom. The Bertz CT molecular complexity index is 4490. The van der Waals surface area contributed by atoms with Gasteiger partial charge in [-0.05, 0) is 113 Å². The molecule has 0 aliphatic carbocycles. The van der Waals surface area contributed by atoms with Gasteiger partial charge < -0.3 is 4.42 Å². The van der Waals surface area contributed by atoms with Gasteiger partial charge in [-0.15, -0.1) is 0 Å². The van der Waals surface area contributed by atoms with Crippen LogP contribution < -0.4 is 0 Å². The van der Waals surface area contributed by atoms with Gasteiger partial charge in [-0.1, -0.05) is 145 Å². The maximum Gasteiger partial charge on any atom is 0.136 e. The molecule has 0 spiro atoms. The average molecular weight is 653 g/mol. The van der Waals surface area contributed by atoms with E-state index >= 15 is 0 Å². The van der Waals surface area contributed by atoms with Crippen molar-refractivity contribution >= 4 is 54.3 Å². The highest BCUT2D eigenvalue weighted by Gasteiger charge is 2.18. The Kier molecular flexibility index (Phi) is 2.50. The highest BCUT2D eigenvalue weighted by molar-refractivity contribution is 6.22. The first-order valence-electron chi connectivity index (χ1n) is 29.4. The van der Waals surface area contributed by atoms with Gasteiger partial charge in [-0.25, -0.2) is 0 Å². The maximum absolute atomic E-state index is 9.79. The van der Waals surface area contributed by atoms with Crippen molar-refractivity contribution in [2.75, 3.05) is 0 Å². The van der Waals surface area contributed by atoms with Crippen LogP contribution in [0.2, 0.25) is 0 Å². The van der Waals surface area contributed by atoms with Crippen LogP contribution in [0.4, 0.5) is 0 Å². The molecule has 0 aliphatic heterocycles. The fourth-order valence-electron chi connectivity index (χ4n) is 5.64. The molecule has 228 valence electrons. The Hall–Kier alpha value is -6.44. The Balaban J connectivity index is 1.43. The van der Waals surface area contributed by atoms with Crippen molar-refractivity contribution in [3.8, 4) is 44.5 Å². The summed E-state index contributed by atoms with van der Waals surface area (Å²) < 4.78 is 275. The summed E-state index contributed by atoms with van der Waals surface area (Å²) >= 11 is 0. The zero-order valence-corrected chi connectivity index (χ0v) is 24.4. The van der Waals surface area contributed by atoms with Gasteiger partial charge in [0.15, 0.2) is 0 Å². The summed E-state index contributed by atoms with van der Waals surface area (Å²) in [6.07, 6.45) is 0. The van der Waals surface area contributed by atoms with Crippen LogP contribution >= 0.6 is 0 Å². The number of hydrogen-bond donors (Lipinski definition) is 0. The van der Waals surface area contributed by atoms with Crippen LogP contribution in [0.3, 0.4) is 0 Å². The van der Waals surface area contributed by atoms with E-state index in [1.54, 1.807) is 0 Å². The second kappa shape index (κ2) is 11.1. The first-order valence-corrected chi connectivity index (χ1v) is 14.4. The summed E-state index contributed by atoms with van der Waals surface area (Å²) in [6, 6.07) is -28.5. The molecule has 0 unspecified atom stereocenters. The molecule has 1 aromatic heterocycles. The lowest BCUT2D eigenvalue weighted by Gasteiger charge is -2.18. The number of hydrogen-bond acceptors (Lipinski definition) is 1. The van der Waals surface area contributed by atoms with Crippen molar-refractivity contribution in [2.24, 2.45) is 0 Å². The van der Waals surface area contributed by atoms with E-state index in [9.17, 15) is 15.1 Å². The van der Waals surface area contributed by atoms with Crippen molar-refractivity contribution in [1.82, 2.24) is 0 Å². The van der Waals surface area contributed by atoms with Crippen LogP contribution in [0.5, 0.6) is 0 Å². The van der Waals surface area contributed by atoms with Crippen molar-refractivity contribution in [1.29, 1.82) is 0 Å². The van der Waals surface area contributed by atoms with E-state index in [4.69, 9.17) is 30.5 Å². The van der Waals surface area contributed by atoms with Crippen LogP contribution in [0, 0.1) is 0 Å². The lowest BCUT2D eigenvalue weighted by atomic mass is 9.85. The summed E-state index contributed by atoms with van der Waals surface area (Å²) in [5.74, 6) is 0. The monoisotopic (exact) mass is 652 g/mol. The lowest BCUT2D eigenvalue weighted by molar-refractivity contribution is 0.669. The van der Waals surface area contributed by atoms with Crippen molar-refractivity contribution in [3.05, 3.63) is 181 Å². The van der Waals surface area contributed by atoms with Crippen LogP contribution in [-0.4, -0.2) is 0 Å². The van der Waals surface area contributed by atoms with Gasteiger partial charge in [-0.3, -0.25) is 0 Å². The first-order chi connectivity index (χ1) is 36.8. The Labute approximate surface area is 326 Å². The largest absolute Gasteiger partial charge is 0.456 e. The third-order valence-corrected chi connectivity index (χ3v) is 7.76.